The van der Waals surface area contributed by atoms with Crippen LogP contribution in [0.5, 0.6) is 0 Å². The predicted molar refractivity (Wildman–Crippen MR) is 58.1 cm³/mol. The number of Topliss-reactive ketones (excluding diaryl/α,β-unsaturated/α-hetero) is 1. The second-order valence-corrected chi connectivity index (χ2v) is 5.38. The summed E-state index contributed by atoms with van der Waals surface area (Å²) < 4.78 is 22.8. The molecule has 1 saturated carbocycles. The molecular weight excluding hydrogens is 214 g/mol. The smallest absolute Gasteiger partial charge is 0.300 e. The zero-order chi connectivity index (χ0) is 12.1. The molecule has 0 atom stereocenters. The summed E-state index contributed by atoms with van der Waals surface area (Å²) in [7, 11) is -2.61. The van der Waals surface area contributed by atoms with Crippen molar-refractivity contribution in [2.45, 2.75) is 46.5 Å². The molecule has 5 heteroatoms. The summed E-state index contributed by atoms with van der Waals surface area (Å²) in [6, 6.07) is 0. The van der Waals surface area contributed by atoms with Crippen molar-refractivity contribution < 1.29 is 13.2 Å². The quantitative estimate of drug-likeness (QED) is 0.698. The molecule has 0 amide bonds. The van der Waals surface area contributed by atoms with Crippen molar-refractivity contribution in [1.29, 1.82) is 4.78 Å². The molecule has 0 aliphatic heterocycles. The normalized spacial score (nSPS) is 17.9. The van der Waals surface area contributed by atoms with E-state index in [4.69, 9.17) is 13.2 Å². The van der Waals surface area contributed by atoms with E-state index in [1.54, 1.807) is 0 Å². The molecule has 4 nitrogen and oxygen atoms in total. The standard InChI is InChI=1S/C10H18O.HNO2S/c1-10(2,3)8-4-6-9(11)7-5-8;1-4(2)3/h8H,4-7H2,1-3H3;1H. The van der Waals surface area contributed by atoms with Crippen LogP contribution in [0.4, 0.5) is 0 Å². The Labute approximate surface area is 92.6 Å². The van der Waals surface area contributed by atoms with Gasteiger partial charge in [0.25, 0.3) is 0 Å². The first-order valence-electron chi connectivity index (χ1n) is 5.05. The average Bonchev–Trinajstić information content (AvgIpc) is 2.01. The molecule has 0 aromatic rings. The topological polar surface area (TPSA) is 75.1 Å². The molecule has 1 N–H and O–H groups in total. The van der Waals surface area contributed by atoms with Crippen LogP contribution in [0.25, 0.3) is 0 Å². The van der Waals surface area contributed by atoms with E-state index in [-0.39, 0.29) is 0 Å². The Bertz CT molecular complexity index is 295. The third-order valence-electron chi connectivity index (χ3n) is 2.77. The molecule has 0 aromatic heterocycles. The van der Waals surface area contributed by atoms with Crippen molar-refractivity contribution in [2.75, 3.05) is 0 Å². The second kappa shape index (κ2) is 6.00. The maximum Gasteiger partial charge on any atom is 0.308 e. The average molecular weight is 233 g/mol. The lowest BCUT2D eigenvalue weighted by Crippen LogP contribution is -2.25. The minimum atomic E-state index is -2.61. The largest absolute Gasteiger partial charge is 0.308 e. The number of ketones is 1. The van der Waals surface area contributed by atoms with E-state index in [1.807, 2.05) is 0 Å². The Morgan fingerprint density at radius 1 is 1.20 bits per heavy atom. The van der Waals surface area contributed by atoms with Crippen LogP contribution in [0.3, 0.4) is 0 Å². The lowest BCUT2D eigenvalue weighted by molar-refractivity contribution is -0.121. The molecule has 1 rings (SSSR count). The van der Waals surface area contributed by atoms with Gasteiger partial charge in [-0.05, 0) is 24.2 Å². The van der Waals surface area contributed by atoms with E-state index in [2.05, 4.69) is 20.8 Å². The first-order valence-corrected chi connectivity index (χ1v) is 6.13. The molecule has 0 bridgehead atoms. The highest BCUT2D eigenvalue weighted by Gasteiger charge is 2.28. The zero-order valence-electron chi connectivity index (χ0n) is 9.54. The Morgan fingerprint density at radius 2 is 1.53 bits per heavy atom. The number of hydrogen-bond acceptors (Lipinski definition) is 4. The van der Waals surface area contributed by atoms with Crippen molar-refractivity contribution >= 4 is 16.3 Å². The van der Waals surface area contributed by atoms with Crippen LogP contribution in [-0.4, -0.2) is 14.2 Å². The van der Waals surface area contributed by atoms with Gasteiger partial charge in [-0.2, -0.15) is 13.2 Å². The van der Waals surface area contributed by atoms with E-state index in [0.717, 1.165) is 31.6 Å². The number of carbonyl (C=O) groups is 1. The first-order chi connectivity index (χ1) is 6.73. The number of rotatable bonds is 0. The van der Waals surface area contributed by atoms with Crippen molar-refractivity contribution in [3.63, 3.8) is 0 Å². The van der Waals surface area contributed by atoms with Crippen LogP contribution in [0.1, 0.15) is 46.5 Å². The molecule has 0 unspecified atom stereocenters. The highest BCUT2D eigenvalue weighted by atomic mass is 32.2. The number of carbonyl (C=O) groups excluding carboxylic acids is 1. The predicted octanol–water partition coefficient (Wildman–Crippen LogP) is 2.42. The van der Waals surface area contributed by atoms with Crippen LogP contribution in [0.15, 0.2) is 0 Å². The molecule has 1 aliphatic carbocycles. The van der Waals surface area contributed by atoms with Gasteiger partial charge in [0.05, 0.1) is 0 Å². The number of hydrogen-bond donors (Lipinski definition) is 1. The van der Waals surface area contributed by atoms with Gasteiger partial charge in [0.2, 0.25) is 0 Å². The SMILES string of the molecule is CC(C)(C)C1CCC(=O)CC1.N=S(=O)=O. The van der Waals surface area contributed by atoms with Gasteiger partial charge in [0, 0.05) is 12.8 Å². The van der Waals surface area contributed by atoms with Gasteiger partial charge in [0.1, 0.15) is 5.78 Å². The van der Waals surface area contributed by atoms with E-state index in [1.165, 1.54) is 0 Å². The van der Waals surface area contributed by atoms with Crippen LogP contribution in [-0.2, 0) is 15.3 Å². The van der Waals surface area contributed by atoms with Gasteiger partial charge in [-0.3, -0.25) is 4.79 Å². The molecule has 15 heavy (non-hydrogen) atoms. The van der Waals surface area contributed by atoms with Crippen LogP contribution in [0.2, 0.25) is 0 Å². The van der Waals surface area contributed by atoms with E-state index in [0.29, 0.717) is 11.2 Å². The van der Waals surface area contributed by atoms with Gasteiger partial charge < -0.3 is 0 Å². The first kappa shape index (κ1) is 14.3. The van der Waals surface area contributed by atoms with E-state index < -0.39 is 10.5 Å². The minimum Gasteiger partial charge on any atom is -0.300 e. The minimum absolute atomic E-state index is 0.403. The molecule has 88 valence electrons. The Morgan fingerprint density at radius 3 is 1.80 bits per heavy atom. The summed E-state index contributed by atoms with van der Waals surface area (Å²) in [4.78, 5) is 10.9. The summed E-state index contributed by atoms with van der Waals surface area (Å²) in [6.07, 6.45) is 3.87. The highest BCUT2D eigenvalue weighted by Crippen LogP contribution is 2.36. The second-order valence-electron chi connectivity index (χ2n) is 4.91. The van der Waals surface area contributed by atoms with Gasteiger partial charge >= 0.3 is 10.5 Å². The van der Waals surface area contributed by atoms with Gasteiger partial charge in [-0.25, -0.2) is 0 Å². The third-order valence-corrected chi connectivity index (χ3v) is 2.77. The third kappa shape index (κ3) is 7.25. The maximum atomic E-state index is 10.9. The monoisotopic (exact) mass is 233 g/mol. The van der Waals surface area contributed by atoms with Crippen molar-refractivity contribution in [3.05, 3.63) is 0 Å². The van der Waals surface area contributed by atoms with Crippen LogP contribution < -0.4 is 0 Å². The number of nitrogens with one attached hydrogen (secondary N) is 1. The van der Waals surface area contributed by atoms with Crippen molar-refractivity contribution in [3.8, 4) is 0 Å². The molecule has 0 aromatic carbocycles. The molecule has 0 saturated heterocycles. The summed E-state index contributed by atoms with van der Waals surface area (Å²) in [5.74, 6) is 1.23. The van der Waals surface area contributed by atoms with Gasteiger partial charge in [-0.15, -0.1) is 0 Å². The van der Waals surface area contributed by atoms with Crippen molar-refractivity contribution in [1.82, 2.24) is 0 Å². The lowest BCUT2D eigenvalue weighted by Gasteiger charge is -2.33. The molecule has 1 aliphatic rings. The summed E-state index contributed by atoms with van der Waals surface area (Å²) in [5.41, 5.74) is 0.403. The maximum absolute atomic E-state index is 10.9. The molecule has 0 spiro atoms. The van der Waals surface area contributed by atoms with Crippen LogP contribution >= 0.6 is 0 Å². The molecular formula is C10H19NO3S. The van der Waals surface area contributed by atoms with E-state index >= 15 is 0 Å². The lowest BCUT2D eigenvalue weighted by atomic mass is 9.72. The van der Waals surface area contributed by atoms with Gasteiger partial charge in [-0.1, -0.05) is 20.8 Å². The molecule has 1 fully saturated rings. The fraction of sp³-hybridized carbons (Fsp3) is 0.900. The highest BCUT2D eigenvalue weighted by molar-refractivity contribution is 7.60. The fourth-order valence-electron chi connectivity index (χ4n) is 1.81. The molecule has 0 radical (unpaired) electrons. The molecule has 0 heterocycles. The Kier molecular flexibility index (Phi) is 5.72. The summed E-state index contributed by atoms with van der Waals surface area (Å²) in [6.45, 7) is 6.81. The van der Waals surface area contributed by atoms with E-state index in [9.17, 15) is 4.79 Å². The van der Waals surface area contributed by atoms with Crippen LogP contribution in [0, 0.1) is 16.1 Å². The van der Waals surface area contributed by atoms with Gasteiger partial charge in [0.15, 0.2) is 0 Å². The van der Waals surface area contributed by atoms with Crippen molar-refractivity contribution in [2.24, 2.45) is 11.3 Å². The summed E-state index contributed by atoms with van der Waals surface area (Å²) >= 11 is 0. The Balaban J connectivity index is 0.000000423. The zero-order valence-corrected chi connectivity index (χ0v) is 10.4. The summed E-state index contributed by atoms with van der Waals surface area (Å²) in [5, 5.41) is 0. The Hall–Kier alpha value is -0.710. The fourth-order valence-corrected chi connectivity index (χ4v) is 1.81.